The van der Waals surface area contributed by atoms with Crippen molar-refractivity contribution in [1.29, 1.82) is 5.26 Å². The smallest absolute Gasteiger partial charge is 0.464 e. The minimum Gasteiger partial charge on any atom is -0.464 e. The number of rotatable bonds is 44. The Morgan fingerprint density at radius 3 is 1.02 bits per heavy atom. The summed E-state index contributed by atoms with van der Waals surface area (Å²) in [5.41, 5.74) is 0. The molecule has 0 saturated carbocycles. The maximum absolute atomic E-state index is 13.0. The second-order valence-electron chi connectivity index (χ2n) is 16.0. The Kier molecular flexibility index (Phi) is 42.3. The molecule has 0 aliphatic carbocycles. The van der Waals surface area contributed by atoms with Gasteiger partial charge in [0.15, 0.2) is 0 Å². The molecule has 318 valence electrons. The topological polar surface area (TPSA) is 85.6 Å². The molecule has 0 saturated heterocycles. The minimum absolute atomic E-state index is 0.284. The van der Waals surface area contributed by atoms with Gasteiger partial charge in [-0.1, -0.05) is 219 Å². The van der Waals surface area contributed by atoms with E-state index in [9.17, 15) is 9.59 Å². The molecule has 0 aromatic rings. The Morgan fingerprint density at radius 2 is 0.722 bits per heavy atom. The third-order valence-electron chi connectivity index (χ3n) is 10.9. The van der Waals surface area contributed by atoms with Crippen LogP contribution in [0.15, 0.2) is 0 Å². The third-order valence-corrected chi connectivity index (χ3v) is 14.1. The van der Waals surface area contributed by atoms with E-state index in [0.717, 1.165) is 82.8 Å². The number of hydrogen-bond acceptors (Lipinski definition) is 7. The number of nitrogens with zero attached hydrogens (tertiary/aromatic N) is 1. The van der Waals surface area contributed by atoms with Crippen molar-refractivity contribution in [1.82, 2.24) is 0 Å². The van der Waals surface area contributed by atoms with Crippen LogP contribution in [0.5, 0.6) is 0 Å². The van der Waals surface area contributed by atoms with Gasteiger partial charge in [-0.05, 0) is 37.4 Å². The maximum atomic E-state index is 13.0. The Balaban J connectivity index is 4.37. The summed E-state index contributed by atoms with van der Waals surface area (Å²) < 4.78 is 17.8. The fraction of sp³-hybridized carbons (Fsp3) is 0.935. The lowest BCUT2D eigenvalue weighted by Gasteiger charge is -2.27. The van der Waals surface area contributed by atoms with Gasteiger partial charge in [-0.2, -0.15) is 5.26 Å². The molecule has 0 atom stereocenters. The highest BCUT2D eigenvalue weighted by atomic mass is 32.2. The first-order valence-electron chi connectivity index (χ1n) is 23.5. The highest BCUT2D eigenvalue weighted by Gasteiger charge is 2.47. The molecule has 0 heterocycles. The molecule has 6 nitrogen and oxygen atoms in total. The number of thioether (sulfide) groups is 1. The van der Waals surface area contributed by atoms with Gasteiger partial charge >= 0.3 is 8.80 Å². The number of carbonyl (C=O) groups excluding carboxylic acids is 2. The zero-order valence-corrected chi connectivity index (χ0v) is 38.0. The van der Waals surface area contributed by atoms with E-state index in [1.54, 1.807) is 7.11 Å². The normalized spacial score (nSPS) is 11.5. The van der Waals surface area contributed by atoms with Gasteiger partial charge in [-0.15, -0.1) is 0 Å². The third kappa shape index (κ3) is 37.9. The highest BCUT2D eigenvalue weighted by Crippen LogP contribution is 2.23. The molecule has 54 heavy (non-hydrogen) atoms. The summed E-state index contributed by atoms with van der Waals surface area (Å²) in [4.78, 5) is 26.0. The number of thiocyanates is 1. The summed E-state index contributed by atoms with van der Waals surface area (Å²) in [5.74, 6) is 0.321. The Bertz CT molecular complexity index is 805. The lowest BCUT2D eigenvalue weighted by molar-refractivity contribution is -0.145. The van der Waals surface area contributed by atoms with Crippen molar-refractivity contribution in [3.63, 3.8) is 0 Å². The van der Waals surface area contributed by atoms with Crippen LogP contribution < -0.4 is 0 Å². The average Bonchev–Trinajstić information content (AvgIpc) is 3.17. The van der Waals surface area contributed by atoms with Gasteiger partial charge in [-0.25, -0.2) is 0 Å². The molecule has 0 unspecified atom stereocenters. The average molecular weight is 796 g/mol. The second kappa shape index (κ2) is 43.1. The summed E-state index contributed by atoms with van der Waals surface area (Å²) in [6.07, 6.45) is 45.4. The first-order valence-corrected chi connectivity index (χ1v) is 26.4. The first kappa shape index (κ1) is 53.0. The van der Waals surface area contributed by atoms with Crippen molar-refractivity contribution in [3.8, 4) is 5.40 Å². The van der Waals surface area contributed by atoms with Crippen LogP contribution in [0.3, 0.4) is 0 Å². The SMILES string of the molecule is CCCCCCCCCCCCCCCCCC(=O)O[Si](CCCCCCCCSC#N)(OC)OC(=O)CCCCCCCCCCCCCCCCC. The zero-order valence-electron chi connectivity index (χ0n) is 36.2. The summed E-state index contributed by atoms with van der Waals surface area (Å²) in [6, 6.07) is 0.489. The Labute approximate surface area is 341 Å². The molecule has 0 amide bonds. The molecular formula is C46H89NO5SSi. The van der Waals surface area contributed by atoms with Crippen molar-refractivity contribution in [2.75, 3.05) is 12.9 Å². The van der Waals surface area contributed by atoms with E-state index in [0.29, 0.717) is 18.9 Å². The van der Waals surface area contributed by atoms with E-state index in [-0.39, 0.29) is 11.9 Å². The van der Waals surface area contributed by atoms with Crippen molar-refractivity contribution < 1.29 is 22.9 Å². The van der Waals surface area contributed by atoms with Crippen LogP contribution in [-0.4, -0.2) is 33.6 Å². The fourth-order valence-corrected chi connectivity index (χ4v) is 9.94. The molecule has 8 heteroatoms. The van der Waals surface area contributed by atoms with Gasteiger partial charge in [0.2, 0.25) is 0 Å². The maximum Gasteiger partial charge on any atom is 0.635 e. The highest BCUT2D eigenvalue weighted by molar-refractivity contribution is 8.03. The fourth-order valence-electron chi connectivity index (χ4n) is 7.31. The lowest BCUT2D eigenvalue weighted by Crippen LogP contribution is -2.48. The molecule has 0 aromatic heterocycles. The number of hydrogen-bond donors (Lipinski definition) is 0. The second-order valence-corrected chi connectivity index (χ2v) is 19.6. The molecular weight excluding hydrogens is 707 g/mol. The summed E-state index contributed by atoms with van der Waals surface area (Å²) in [7, 11) is -1.90. The standard InChI is InChI=1S/C46H89NO5SSi/c1-4-6-8-10-12-14-16-18-20-22-24-26-28-32-36-40-45(48)51-54(50-3,43-39-35-31-30-34-38-42-53-44-47)52-46(49)41-37-33-29-27-25-23-21-19-17-15-13-11-9-7-5-2/h4-43H2,1-3H3. The number of carbonyl (C=O) groups is 2. The van der Waals surface area contributed by atoms with Crippen LogP contribution in [-0.2, 0) is 22.9 Å². The molecule has 0 radical (unpaired) electrons. The molecule has 0 rings (SSSR count). The molecule has 0 fully saturated rings. The number of nitriles is 1. The van der Waals surface area contributed by atoms with Gasteiger partial charge in [0.1, 0.15) is 5.40 Å². The van der Waals surface area contributed by atoms with Gasteiger partial charge in [-0.3, -0.25) is 9.59 Å². The van der Waals surface area contributed by atoms with E-state index in [1.807, 2.05) is 0 Å². The van der Waals surface area contributed by atoms with Gasteiger partial charge < -0.3 is 13.3 Å². The van der Waals surface area contributed by atoms with Crippen molar-refractivity contribution in [3.05, 3.63) is 0 Å². The van der Waals surface area contributed by atoms with Crippen LogP contribution in [0.4, 0.5) is 0 Å². The molecule has 0 aliphatic rings. The van der Waals surface area contributed by atoms with E-state index >= 15 is 0 Å². The largest absolute Gasteiger partial charge is 0.635 e. The van der Waals surface area contributed by atoms with Crippen molar-refractivity contribution in [2.45, 2.75) is 264 Å². The van der Waals surface area contributed by atoms with Crippen LogP contribution in [0.1, 0.15) is 258 Å². The summed E-state index contributed by atoms with van der Waals surface area (Å²) in [6.45, 7) is 4.55. The minimum atomic E-state index is -3.44. The van der Waals surface area contributed by atoms with Gasteiger partial charge in [0, 0.05) is 31.7 Å². The Morgan fingerprint density at radius 1 is 0.444 bits per heavy atom. The lowest BCUT2D eigenvalue weighted by atomic mass is 10.0. The molecule has 0 aromatic carbocycles. The van der Waals surface area contributed by atoms with E-state index in [4.69, 9.17) is 18.5 Å². The van der Waals surface area contributed by atoms with E-state index in [1.165, 1.54) is 166 Å². The zero-order chi connectivity index (χ0) is 39.5. The van der Waals surface area contributed by atoms with Gasteiger partial charge in [0.05, 0.1) is 0 Å². The quantitative estimate of drug-likeness (QED) is 0.0345. The summed E-state index contributed by atoms with van der Waals surface area (Å²) >= 11 is 1.32. The monoisotopic (exact) mass is 796 g/mol. The molecule has 0 aliphatic heterocycles. The molecule has 0 N–H and O–H groups in total. The van der Waals surface area contributed by atoms with Crippen molar-refractivity contribution >= 4 is 32.5 Å². The Hall–Kier alpha value is -1.04. The predicted octanol–water partition coefficient (Wildman–Crippen LogP) is 15.7. The van der Waals surface area contributed by atoms with Crippen LogP contribution >= 0.6 is 11.8 Å². The van der Waals surface area contributed by atoms with Crippen molar-refractivity contribution in [2.24, 2.45) is 0 Å². The van der Waals surface area contributed by atoms with Crippen LogP contribution in [0, 0.1) is 10.7 Å². The predicted molar refractivity (Wildman–Crippen MR) is 235 cm³/mol. The van der Waals surface area contributed by atoms with E-state index < -0.39 is 8.80 Å². The molecule has 0 bridgehead atoms. The van der Waals surface area contributed by atoms with E-state index in [2.05, 4.69) is 19.2 Å². The molecule has 0 spiro atoms. The summed E-state index contributed by atoms with van der Waals surface area (Å²) in [5, 5.41) is 10.8. The van der Waals surface area contributed by atoms with Crippen LogP contribution in [0.2, 0.25) is 6.04 Å². The van der Waals surface area contributed by atoms with Crippen LogP contribution in [0.25, 0.3) is 0 Å². The first-order chi connectivity index (χ1) is 26.5. The number of unbranched alkanes of at least 4 members (excludes halogenated alkanes) is 33. The van der Waals surface area contributed by atoms with Gasteiger partial charge in [0.25, 0.3) is 11.9 Å².